The minimum atomic E-state index is -0.209. The molecule has 0 radical (unpaired) electrons. The average Bonchev–Trinajstić information content (AvgIpc) is 2.99. The molecule has 1 saturated heterocycles. The Hall–Kier alpha value is -0.160. The highest BCUT2D eigenvalue weighted by Crippen LogP contribution is 2.25. The van der Waals surface area contributed by atoms with Crippen molar-refractivity contribution in [3.8, 4) is 0 Å². The fraction of sp³-hybridized carbons (Fsp3) is 1.00. The first-order valence-electron chi connectivity index (χ1n) is 9.28. The van der Waals surface area contributed by atoms with E-state index in [0.29, 0.717) is 6.61 Å². The van der Waals surface area contributed by atoms with E-state index in [1.807, 2.05) is 0 Å². The van der Waals surface area contributed by atoms with Crippen molar-refractivity contribution in [1.29, 1.82) is 0 Å². The maximum Gasteiger partial charge on any atom is 0.183 e. The molecule has 0 aromatic heterocycles. The Morgan fingerprint density at radius 2 is 1.45 bits per heavy atom. The minimum absolute atomic E-state index is 0.0634. The SMILES string of the molecule is CCCCOCC1CCC(C(OCCCC)OCCCC)O1. The van der Waals surface area contributed by atoms with Gasteiger partial charge in [-0.15, -0.1) is 0 Å². The van der Waals surface area contributed by atoms with Crippen LogP contribution in [-0.2, 0) is 18.9 Å². The zero-order valence-electron chi connectivity index (χ0n) is 14.9. The lowest BCUT2D eigenvalue weighted by atomic mass is 10.2. The van der Waals surface area contributed by atoms with Gasteiger partial charge in [-0.3, -0.25) is 0 Å². The standard InChI is InChI=1S/C18H36O4/c1-4-7-12-19-15-16-10-11-17(22-16)18(20-13-8-5-2)21-14-9-6-3/h16-18H,4-15H2,1-3H3. The molecule has 0 aromatic rings. The van der Waals surface area contributed by atoms with Crippen molar-refractivity contribution < 1.29 is 18.9 Å². The Labute approximate surface area is 136 Å². The third kappa shape index (κ3) is 8.47. The molecule has 0 spiro atoms. The lowest BCUT2D eigenvalue weighted by Crippen LogP contribution is -2.33. The molecular formula is C18H36O4. The fourth-order valence-electron chi connectivity index (χ4n) is 2.47. The third-order valence-electron chi connectivity index (χ3n) is 3.95. The maximum absolute atomic E-state index is 6.09. The molecule has 2 unspecified atom stereocenters. The normalized spacial score (nSPS) is 21.8. The van der Waals surface area contributed by atoms with Crippen molar-refractivity contribution in [2.24, 2.45) is 0 Å². The van der Waals surface area contributed by atoms with Gasteiger partial charge < -0.3 is 18.9 Å². The van der Waals surface area contributed by atoms with Crippen LogP contribution in [0.25, 0.3) is 0 Å². The first kappa shape index (κ1) is 19.9. The van der Waals surface area contributed by atoms with Crippen LogP contribution < -0.4 is 0 Å². The summed E-state index contributed by atoms with van der Waals surface area (Å²) in [6.07, 6.45) is 8.83. The van der Waals surface area contributed by atoms with Crippen LogP contribution in [0.3, 0.4) is 0 Å². The van der Waals surface area contributed by atoms with Crippen molar-refractivity contribution in [2.75, 3.05) is 26.4 Å². The first-order chi connectivity index (χ1) is 10.8. The van der Waals surface area contributed by atoms with E-state index in [0.717, 1.165) is 64.8 Å². The smallest absolute Gasteiger partial charge is 0.183 e. The van der Waals surface area contributed by atoms with Gasteiger partial charge in [-0.25, -0.2) is 0 Å². The van der Waals surface area contributed by atoms with E-state index in [1.54, 1.807) is 0 Å². The Morgan fingerprint density at radius 3 is 2.05 bits per heavy atom. The van der Waals surface area contributed by atoms with E-state index in [4.69, 9.17) is 18.9 Å². The molecule has 0 amide bonds. The third-order valence-corrected chi connectivity index (χ3v) is 3.95. The van der Waals surface area contributed by atoms with Crippen LogP contribution in [0.5, 0.6) is 0 Å². The van der Waals surface area contributed by atoms with E-state index in [1.165, 1.54) is 6.42 Å². The molecule has 1 aliphatic heterocycles. The zero-order chi connectivity index (χ0) is 16.0. The minimum Gasteiger partial charge on any atom is -0.379 e. The number of hydrogen-bond donors (Lipinski definition) is 0. The van der Waals surface area contributed by atoms with Gasteiger partial charge in [0, 0.05) is 19.8 Å². The maximum atomic E-state index is 6.09. The van der Waals surface area contributed by atoms with Crippen molar-refractivity contribution in [3.05, 3.63) is 0 Å². The molecule has 0 aliphatic carbocycles. The van der Waals surface area contributed by atoms with Gasteiger partial charge in [0.1, 0.15) is 6.10 Å². The number of hydrogen-bond acceptors (Lipinski definition) is 4. The van der Waals surface area contributed by atoms with Crippen molar-refractivity contribution in [1.82, 2.24) is 0 Å². The van der Waals surface area contributed by atoms with Gasteiger partial charge in [0.2, 0.25) is 0 Å². The number of ether oxygens (including phenoxy) is 4. The molecule has 1 rings (SSSR count). The second kappa shape index (κ2) is 13.3. The molecule has 22 heavy (non-hydrogen) atoms. The van der Waals surface area contributed by atoms with E-state index in [2.05, 4.69) is 20.8 Å². The summed E-state index contributed by atoms with van der Waals surface area (Å²) in [5.74, 6) is 0. The van der Waals surface area contributed by atoms with Crippen LogP contribution in [0.4, 0.5) is 0 Å². The molecule has 1 aliphatic rings. The summed E-state index contributed by atoms with van der Waals surface area (Å²) in [7, 11) is 0. The zero-order valence-corrected chi connectivity index (χ0v) is 14.9. The van der Waals surface area contributed by atoms with E-state index in [-0.39, 0.29) is 18.5 Å². The van der Waals surface area contributed by atoms with Crippen LogP contribution >= 0.6 is 0 Å². The summed E-state index contributed by atoms with van der Waals surface area (Å²) >= 11 is 0. The molecule has 132 valence electrons. The second-order valence-corrected chi connectivity index (χ2v) is 6.12. The van der Waals surface area contributed by atoms with Gasteiger partial charge in [-0.2, -0.15) is 0 Å². The molecule has 4 heteroatoms. The highest BCUT2D eigenvalue weighted by atomic mass is 16.7. The van der Waals surface area contributed by atoms with Crippen molar-refractivity contribution >= 4 is 0 Å². The topological polar surface area (TPSA) is 36.9 Å². The highest BCUT2D eigenvalue weighted by molar-refractivity contribution is 4.76. The summed E-state index contributed by atoms with van der Waals surface area (Å²) < 4.78 is 23.6. The summed E-state index contributed by atoms with van der Waals surface area (Å²) in [5, 5.41) is 0. The average molecular weight is 316 g/mol. The van der Waals surface area contributed by atoms with Crippen LogP contribution in [0, 0.1) is 0 Å². The van der Waals surface area contributed by atoms with E-state index in [9.17, 15) is 0 Å². The fourth-order valence-corrected chi connectivity index (χ4v) is 2.47. The van der Waals surface area contributed by atoms with Crippen LogP contribution in [-0.4, -0.2) is 44.9 Å². The molecule has 0 saturated carbocycles. The van der Waals surface area contributed by atoms with Gasteiger partial charge in [0.15, 0.2) is 6.29 Å². The van der Waals surface area contributed by atoms with Crippen LogP contribution in [0.1, 0.15) is 72.1 Å². The Bertz CT molecular complexity index is 237. The van der Waals surface area contributed by atoms with Crippen molar-refractivity contribution in [3.63, 3.8) is 0 Å². The Balaban J connectivity index is 2.28. The Kier molecular flexibility index (Phi) is 12.0. The predicted octanol–water partition coefficient (Wildman–Crippen LogP) is 4.31. The predicted molar refractivity (Wildman–Crippen MR) is 89.1 cm³/mol. The van der Waals surface area contributed by atoms with Gasteiger partial charge in [-0.05, 0) is 32.1 Å². The summed E-state index contributed by atoms with van der Waals surface area (Å²) in [6.45, 7) is 9.57. The lowest BCUT2D eigenvalue weighted by molar-refractivity contribution is -0.206. The van der Waals surface area contributed by atoms with Gasteiger partial charge in [-0.1, -0.05) is 40.0 Å². The largest absolute Gasteiger partial charge is 0.379 e. The Morgan fingerprint density at radius 1 is 0.864 bits per heavy atom. The number of rotatable bonds is 14. The highest BCUT2D eigenvalue weighted by Gasteiger charge is 2.33. The van der Waals surface area contributed by atoms with E-state index >= 15 is 0 Å². The summed E-state index contributed by atoms with van der Waals surface area (Å²) in [6, 6.07) is 0. The van der Waals surface area contributed by atoms with Gasteiger partial charge in [0.25, 0.3) is 0 Å². The van der Waals surface area contributed by atoms with Gasteiger partial charge in [0.05, 0.1) is 12.7 Å². The molecule has 1 fully saturated rings. The quantitative estimate of drug-likeness (QED) is 0.353. The first-order valence-corrected chi connectivity index (χ1v) is 9.28. The monoisotopic (exact) mass is 316 g/mol. The van der Waals surface area contributed by atoms with Crippen molar-refractivity contribution in [2.45, 2.75) is 90.6 Å². The summed E-state index contributed by atoms with van der Waals surface area (Å²) in [4.78, 5) is 0. The van der Waals surface area contributed by atoms with E-state index < -0.39 is 0 Å². The number of unbranched alkanes of at least 4 members (excludes halogenated alkanes) is 3. The molecule has 0 aromatic carbocycles. The molecule has 1 heterocycles. The molecule has 4 nitrogen and oxygen atoms in total. The van der Waals surface area contributed by atoms with Crippen LogP contribution in [0.2, 0.25) is 0 Å². The van der Waals surface area contributed by atoms with Gasteiger partial charge >= 0.3 is 0 Å². The molecule has 2 atom stereocenters. The second-order valence-electron chi connectivity index (χ2n) is 6.12. The lowest BCUT2D eigenvalue weighted by Gasteiger charge is -2.24. The molecule has 0 bridgehead atoms. The van der Waals surface area contributed by atoms with Crippen LogP contribution in [0.15, 0.2) is 0 Å². The molecule has 0 N–H and O–H groups in total. The molecular weight excluding hydrogens is 280 g/mol. The summed E-state index contributed by atoms with van der Waals surface area (Å²) in [5.41, 5.74) is 0.